The van der Waals surface area contributed by atoms with Crippen LogP contribution in [0.1, 0.15) is 53.4 Å². The largest absolute Gasteiger partial charge is 0.515 e. The van der Waals surface area contributed by atoms with Crippen molar-refractivity contribution in [3.63, 3.8) is 0 Å². The minimum absolute atomic E-state index is 0.431. The fourth-order valence-corrected chi connectivity index (χ4v) is 7.39. The van der Waals surface area contributed by atoms with Crippen LogP contribution >= 0.6 is 11.8 Å². The van der Waals surface area contributed by atoms with Gasteiger partial charge >= 0.3 is 8.56 Å². The van der Waals surface area contributed by atoms with Gasteiger partial charge in [-0.1, -0.05) is 39.0 Å². The Kier molecular flexibility index (Phi) is 6.27. The Labute approximate surface area is 136 Å². The number of hydrogen-bond acceptors (Lipinski definition) is 3. The second-order valence-corrected chi connectivity index (χ2v) is 11.2. The molecule has 21 heavy (non-hydrogen) atoms. The Morgan fingerprint density at radius 2 is 2.00 bits per heavy atom. The molecule has 0 aromatic heterocycles. The van der Waals surface area contributed by atoms with Crippen LogP contribution in [0.3, 0.4) is 0 Å². The highest BCUT2D eigenvalue weighted by atomic mass is 32.2. The topological polar surface area (TPSA) is 18.5 Å². The molecule has 4 heteroatoms. The van der Waals surface area contributed by atoms with Crippen molar-refractivity contribution in [1.82, 2.24) is 0 Å². The minimum atomic E-state index is -1.94. The van der Waals surface area contributed by atoms with E-state index in [1.807, 2.05) is 0 Å². The molecule has 0 aromatic rings. The van der Waals surface area contributed by atoms with Gasteiger partial charge in [0, 0.05) is 12.1 Å². The lowest BCUT2D eigenvalue weighted by molar-refractivity contribution is 0.0144. The number of thioether (sulfide) groups is 1. The van der Waals surface area contributed by atoms with Crippen LogP contribution in [0.4, 0.5) is 0 Å². The summed E-state index contributed by atoms with van der Waals surface area (Å²) in [6.45, 7) is 9.15. The van der Waals surface area contributed by atoms with Crippen LogP contribution in [0.15, 0.2) is 11.2 Å². The van der Waals surface area contributed by atoms with E-state index in [1.165, 1.54) is 37.8 Å². The van der Waals surface area contributed by atoms with Crippen LogP contribution in [-0.2, 0) is 8.85 Å². The van der Waals surface area contributed by atoms with Crippen molar-refractivity contribution >= 4 is 20.3 Å². The summed E-state index contributed by atoms with van der Waals surface area (Å²) in [5.41, 5.74) is 0. The molecule has 3 atom stereocenters. The zero-order valence-electron chi connectivity index (χ0n) is 14.4. The Morgan fingerprint density at radius 3 is 2.48 bits per heavy atom. The van der Waals surface area contributed by atoms with Crippen molar-refractivity contribution in [2.24, 2.45) is 17.8 Å². The molecule has 2 rings (SSSR count). The fraction of sp³-hybridized carbons (Fsp3) is 0.882. The molecule has 1 aliphatic heterocycles. The van der Waals surface area contributed by atoms with E-state index in [9.17, 15) is 0 Å². The summed E-state index contributed by atoms with van der Waals surface area (Å²) in [4.78, 5) is 0. The molecule has 0 aromatic carbocycles. The lowest BCUT2D eigenvalue weighted by atomic mass is 9.75. The lowest BCUT2D eigenvalue weighted by Gasteiger charge is -2.46. The van der Waals surface area contributed by atoms with Gasteiger partial charge in [-0.2, -0.15) is 0 Å². The third-order valence-electron chi connectivity index (χ3n) is 5.17. The molecule has 2 aliphatic rings. The van der Waals surface area contributed by atoms with Gasteiger partial charge in [0.2, 0.25) is 0 Å². The van der Waals surface area contributed by atoms with Gasteiger partial charge in [-0.3, -0.25) is 0 Å². The Balaban J connectivity index is 2.05. The van der Waals surface area contributed by atoms with E-state index in [-0.39, 0.29) is 0 Å². The number of rotatable bonds is 6. The monoisotopic (exact) mass is 328 g/mol. The maximum Gasteiger partial charge on any atom is 0.399 e. The van der Waals surface area contributed by atoms with E-state index < -0.39 is 8.56 Å². The molecule has 0 radical (unpaired) electrons. The molecule has 1 heterocycles. The smallest absolute Gasteiger partial charge is 0.399 e. The van der Waals surface area contributed by atoms with Gasteiger partial charge in [0.1, 0.15) is 5.09 Å². The average Bonchev–Trinajstić information content (AvgIpc) is 2.41. The molecule has 122 valence electrons. The molecular weight excluding hydrogens is 296 g/mol. The zero-order valence-corrected chi connectivity index (χ0v) is 16.2. The summed E-state index contributed by atoms with van der Waals surface area (Å²) in [7, 11) is -1.94. The van der Waals surface area contributed by atoms with Crippen molar-refractivity contribution in [3.05, 3.63) is 11.2 Å². The van der Waals surface area contributed by atoms with E-state index in [1.54, 1.807) is 11.8 Å². The first kappa shape index (κ1) is 17.4. The first-order valence-corrected chi connectivity index (χ1v) is 12.0. The van der Waals surface area contributed by atoms with E-state index in [0.29, 0.717) is 6.10 Å². The average molecular weight is 329 g/mol. The highest BCUT2D eigenvalue weighted by molar-refractivity contribution is 8.02. The van der Waals surface area contributed by atoms with E-state index in [0.717, 1.165) is 22.8 Å². The van der Waals surface area contributed by atoms with Crippen molar-refractivity contribution in [2.75, 3.05) is 6.26 Å². The predicted molar refractivity (Wildman–Crippen MR) is 94.6 cm³/mol. The van der Waals surface area contributed by atoms with Crippen LogP contribution in [0.2, 0.25) is 12.1 Å². The predicted octanol–water partition coefficient (Wildman–Crippen LogP) is 5.55. The molecule has 1 saturated carbocycles. The van der Waals surface area contributed by atoms with Crippen LogP contribution in [0, 0.1) is 17.8 Å². The standard InChI is InChI=1S/C17H32O2SSi/c1-6-17(20-5)19-21(10-7-11-21)18-16-12-14(4)8-9-15(16)13(2)3/h6,13-16H,7-12H2,1-5H3/b17-6-/t14-,15+,16-/m1/s1. The minimum Gasteiger partial charge on any atom is -0.515 e. The molecule has 0 amide bonds. The van der Waals surface area contributed by atoms with E-state index in [2.05, 4.69) is 40.0 Å². The third-order valence-corrected chi connectivity index (χ3v) is 9.59. The zero-order chi connectivity index (χ0) is 15.5. The molecular formula is C17H32O2SSi. The van der Waals surface area contributed by atoms with Crippen molar-refractivity contribution < 1.29 is 8.85 Å². The second-order valence-electron chi connectivity index (χ2n) is 7.16. The van der Waals surface area contributed by atoms with Crippen LogP contribution in [-0.4, -0.2) is 20.9 Å². The summed E-state index contributed by atoms with van der Waals surface area (Å²) in [6.07, 6.45) is 9.81. The van der Waals surface area contributed by atoms with Crippen LogP contribution in [0.5, 0.6) is 0 Å². The van der Waals surface area contributed by atoms with Gasteiger partial charge in [0.25, 0.3) is 0 Å². The van der Waals surface area contributed by atoms with Gasteiger partial charge in [0.15, 0.2) is 0 Å². The van der Waals surface area contributed by atoms with Crippen molar-refractivity contribution in [2.45, 2.75) is 71.6 Å². The Bertz CT molecular complexity index is 366. The fourth-order valence-electron chi connectivity index (χ4n) is 3.64. The summed E-state index contributed by atoms with van der Waals surface area (Å²) in [5.74, 6) is 2.24. The van der Waals surface area contributed by atoms with E-state index in [4.69, 9.17) is 8.85 Å². The van der Waals surface area contributed by atoms with Gasteiger partial charge in [-0.25, -0.2) is 0 Å². The maximum absolute atomic E-state index is 6.76. The summed E-state index contributed by atoms with van der Waals surface area (Å²) in [5, 5.41) is 1.06. The highest BCUT2D eigenvalue weighted by Gasteiger charge is 2.50. The Morgan fingerprint density at radius 1 is 1.29 bits per heavy atom. The maximum atomic E-state index is 6.76. The normalized spacial score (nSPS) is 32.9. The lowest BCUT2D eigenvalue weighted by Crippen LogP contribution is -2.53. The van der Waals surface area contributed by atoms with Crippen molar-refractivity contribution in [3.8, 4) is 0 Å². The van der Waals surface area contributed by atoms with Gasteiger partial charge in [-0.05, 0) is 56.3 Å². The highest BCUT2D eigenvalue weighted by Crippen LogP contribution is 2.43. The van der Waals surface area contributed by atoms with Gasteiger partial charge < -0.3 is 8.85 Å². The van der Waals surface area contributed by atoms with E-state index >= 15 is 0 Å². The molecule has 0 unspecified atom stereocenters. The summed E-state index contributed by atoms with van der Waals surface area (Å²) in [6, 6.07) is 2.36. The molecule has 0 spiro atoms. The quantitative estimate of drug-likeness (QED) is 0.470. The van der Waals surface area contributed by atoms with Crippen LogP contribution < -0.4 is 0 Å². The summed E-state index contributed by atoms with van der Waals surface area (Å²) < 4.78 is 13.1. The van der Waals surface area contributed by atoms with Gasteiger partial charge in [-0.15, -0.1) is 0 Å². The Hall–Kier alpha value is 0.0669. The third kappa shape index (κ3) is 4.29. The first-order chi connectivity index (χ1) is 9.99. The molecule has 0 N–H and O–H groups in total. The second kappa shape index (κ2) is 7.56. The molecule has 0 bridgehead atoms. The molecule has 2 nitrogen and oxygen atoms in total. The van der Waals surface area contributed by atoms with Crippen LogP contribution in [0.25, 0.3) is 0 Å². The molecule has 1 saturated heterocycles. The number of allylic oxidation sites excluding steroid dienone is 1. The van der Waals surface area contributed by atoms with Gasteiger partial charge in [0.05, 0.1) is 6.10 Å². The molecule has 1 aliphatic carbocycles. The molecule has 2 fully saturated rings. The first-order valence-electron chi connectivity index (χ1n) is 8.57. The number of hydrogen-bond donors (Lipinski definition) is 0. The van der Waals surface area contributed by atoms with Crippen molar-refractivity contribution in [1.29, 1.82) is 0 Å². The SMILES string of the molecule is C/C=C(/O[Si]1(O[C@@H]2C[C@H](C)CC[C@H]2C(C)C)CCC1)SC. The summed E-state index contributed by atoms with van der Waals surface area (Å²) >= 11 is 1.71.